The molecule has 5 heterocycles. The number of benzene rings is 3. The zero-order valence-corrected chi connectivity index (χ0v) is 34.6. The second-order valence-electron chi connectivity index (χ2n) is 15.3. The van der Waals surface area contributed by atoms with Crippen molar-refractivity contribution in [3.63, 3.8) is 0 Å². The molecule has 1 atom stereocenters. The van der Waals surface area contributed by atoms with Crippen LogP contribution in [0.5, 0.6) is 5.75 Å². The first kappa shape index (κ1) is 42.6. The SMILES string of the molecule is COc1cccc(F)c1-c1nccc(C(=O)Nc2ccc(-c3cnccc3C#N)cc2N2CCN(C(=O)CCCCNc3ccc4c(c3)C(=O)N(C3CCC(=O)NC3=O)C4=O)CC2)n1. The van der Waals surface area contributed by atoms with Gasteiger partial charge in [-0.2, -0.15) is 5.26 Å². The first-order valence-corrected chi connectivity index (χ1v) is 20.6. The predicted octanol–water partition coefficient (Wildman–Crippen LogP) is 4.81. The van der Waals surface area contributed by atoms with Gasteiger partial charge in [-0.3, -0.25) is 44.0 Å². The molecule has 3 aromatic carbocycles. The fourth-order valence-corrected chi connectivity index (χ4v) is 8.04. The number of methoxy groups -OCH3 is 1. The average molecular weight is 865 g/mol. The Morgan fingerprint density at radius 1 is 0.938 bits per heavy atom. The van der Waals surface area contributed by atoms with E-state index in [2.05, 4.69) is 41.9 Å². The number of hydrogen-bond acceptors (Lipinski definition) is 13. The lowest BCUT2D eigenvalue weighted by atomic mass is 10.0. The topological polar surface area (TPSA) is 220 Å². The highest BCUT2D eigenvalue weighted by Crippen LogP contribution is 2.35. The number of fused-ring (bicyclic) bond motifs is 1. The van der Waals surface area contributed by atoms with Gasteiger partial charge in [-0.25, -0.2) is 14.4 Å². The van der Waals surface area contributed by atoms with Crippen molar-refractivity contribution in [2.24, 2.45) is 0 Å². The van der Waals surface area contributed by atoms with Crippen LogP contribution in [0.3, 0.4) is 0 Å². The molecule has 2 aromatic heterocycles. The zero-order chi connectivity index (χ0) is 44.9. The number of hydrogen-bond donors (Lipinski definition) is 3. The maximum Gasteiger partial charge on any atom is 0.274 e. The summed E-state index contributed by atoms with van der Waals surface area (Å²) in [6.07, 6.45) is 6.19. The molecule has 6 amide bonds. The molecular formula is C46H41FN10O7. The van der Waals surface area contributed by atoms with E-state index in [9.17, 15) is 38.4 Å². The molecule has 3 N–H and O–H groups in total. The normalized spacial score (nSPS) is 16.0. The summed E-state index contributed by atoms with van der Waals surface area (Å²) in [5.74, 6) is -3.24. The molecular weight excluding hydrogens is 824 g/mol. The van der Waals surface area contributed by atoms with Gasteiger partial charge in [-0.15, -0.1) is 0 Å². The summed E-state index contributed by atoms with van der Waals surface area (Å²) in [6, 6.07) is 18.7. The van der Waals surface area contributed by atoms with E-state index in [0.29, 0.717) is 85.7 Å². The van der Waals surface area contributed by atoms with Gasteiger partial charge in [0.25, 0.3) is 17.7 Å². The Labute approximate surface area is 366 Å². The predicted molar refractivity (Wildman–Crippen MR) is 231 cm³/mol. The number of aromatic nitrogens is 3. The van der Waals surface area contributed by atoms with E-state index in [0.717, 1.165) is 4.90 Å². The third kappa shape index (κ3) is 8.68. The van der Waals surface area contributed by atoms with Crippen molar-refractivity contribution in [1.29, 1.82) is 5.26 Å². The number of nitriles is 1. The molecule has 8 rings (SSSR count). The van der Waals surface area contributed by atoms with Crippen LogP contribution in [0.15, 0.2) is 85.3 Å². The second kappa shape index (κ2) is 18.5. The monoisotopic (exact) mass is 864 g/mol. The lowest BCUT2D eigenvalue weighted by Gasteiger charge is -2.37. The molecule has 3 aliphatic rings. The Morgan fingerprint density at radius 3 is 2.53 bits per heavy atom. The van der Waals surface area contributed by atoms with Crippen molar-refractivity contribution in [3.05, 3.63) is 114 Å². The number of ether oxygens (including phenoxy) is 1. The molecule has 0 bridgehead atoms. The zero-order valence-electron chi connectivity index (χ0n) is 34.6. The average Bonchev–Trinajstić information content (AvgIpc) is 3.56. The van der Waals surface area contributed by atoms with Crippen LogP contribution < -0.4 is 25.6 Å². The van der Waals surface area contributed by atoms with Crippen molar-refractivity contribution in [2.45, 2.75) is 38.1 Å². The number of piperidine rings is 1. The lowest BCUT2D eigenvalue weighted by molar-refractivity contribution is -0.136. The Morgan fingerprint density at radius 2 is 1.75 bits per heavy atom. The Kier molecular flexibility index (Phi) is 12.3. The number of carbonyl (C=O) groups is 6. The molecule has 5 aromatic rings. The Bertz CT molecular complexity index is 2750. The highest BCUT2D eigenvalue weighted by atomic mass is 19.1. The minimum Gasteiger partial charge on any atom is -0.496 e. The van der Waals surface area contributed by atoms with Gasteiger partial charge in [-0.05, 0) is 79.4 Å². The minimum absolute atomic E-state index is 0.00261. The van der Waals surface area contributed by atoms with Crippen LogP contribution >= 0.6 is 0 Å². The number of piperazine rings is 1. The van der Waals surface area contributed by atoms with Gasteiger partial charge in [0.2, 0.25) is 17.7 Å². The molecule has 64 heavy (non-hydrogen) atoms. The van der Waals surface area contributed by atoms with E-state index in [1.807, 2.05) is 6.07 Å². The third-order valence-corrected chi connectivity index (χ3v) is 11.4. The van der Waals surface area contributed by atoms with E-state index in [1.54, 1.807) is 59.8 Å². The van der Waals surface area contributed by atoms with Crippen molar-refractivity contribution < 1.29 is 37.9 Å². The van der Waals surface area contributed by atoms with Crippen molar-refractivity contribution in [3.8, 4) is 34.3 Å². The summed E-state index contributed by atoms with van der Waals surface area (Å²) in [7, 11) is 1.40. The van der Waals surface area contributed by atoms with E-state index >= 15 is 0 Å². The standard InChI is InChI=1S/C46H41FN10O7/c1-64-38-6-4-5-33(47)41(38)42-51-18-15-35(52-42)43(60)53-34-11-8-27(32-26-49-17-14-28(32)25-48)23-37(34)55-19-21-56(22-20-55)40(59)7-2-3-16-50-29-9-10-30-31(24-29)46(63)57(45(30)62)36-12-13-39(58)54-44(36)61/h4-6,8-11,14-15,17-18,23-24,26,36,50H,2-3,7,12-13,16,19-22H2,1H3,(H,53,60)(H,54,58,61). The molecule has 2 fully saturated rings. The molecule has 3 aliphatic heterocycles. The third-order valence-electron chi connectivity index (χ3n) is 11.4. The van der Waals surface area contributed by atoms with E-state index in [4.69, 9.17) is 4.74 Å². The van der Waals surface area contributed by atoms with Crippen LogP contribution in [-0.2, 0) is 14.4 Å². The highest BCUT2D eigenvalue weighted by Gasteiger charge is 2.44. The van der Waals surface area contributed by atoms with Gasteiger partial charge in [0.05, 0.1) is 46.8 Å². The summed E-state index contributed by atoms with van der Waals surface area (Å²) in [6.45, 7) is 2.23. The maximum absolute atomic E-state index is 14.9. The maximum atomic E-state index is 14.9. The lowest BCUT2D eigenvalue weighted by Crippen LogP contribution is -2.54. The number of amides is 6. The number of nitrogens with zero attached hydrogens (tertiary/aromatic N) is 7. The fourth-order valence-electron chi connectivity index (χ4n) is 8.04. The minimum atomic E-state index is -1.04. The number of unbranched alkanes of at least 4 members (excludes halogenated alkanes) is 1. The number of carbonyl (C=O) groups excluding carboxylic acids is 6. The molecule has 0 saturated carbocycles. The molecule has 0 spiro atoms. The summed E-state index contributed by atoms with van der Waals surface area (Å²) in [4.78, 5) is 94.9. The molecule has 324 valence electrons. The summed E-state index contributed by atoms with van der Waals surface area (Å²) in [5, 5.41) is 18.2. The van der Waals surface area contributed by atoms with Crippen LogP contribution in [0.1, 0.15) is 68.9 Å². The first-order valence-electron chi connectivity index (χ1n) is 20.6. The molecule has 1 unspecified atom stereocenters. The van der Waals surface area contributed by atoms with Crippen LogP contribution in [0.4, 0.5) is 21.5 Å². The molecule has 17 nitrogen and oxygen atoms in total. The number of nitrogens with one attached hydrogen (secondary N) is 3. The molecule has 18 heteroatoms. The van der Waals surface area contributed by atoms with Crippen LogP contribution in [0.25, 0.3) is 22.5 Å². The van der Waals surface area contributed by atoms with Crippen LogP contribution in [0, 0.1) is 17.1 Å². The first-order chi connectivity index (χ1) is 31.0. The van der Waals surface area contributed by atoms with Gasteiger partial charge >= 0.3 is 0 Å². The Hall–Kier alpha value is -8.07. The smallest absolute Gasteiger partial charge is 0.274 e. The molecule has 0 aliphatic carbocycles. The Balaban J connectivity index is 0.886. The number of imide groups is 2. The van der Waals surface area contributed by atoms with E-state index in [-0.39, 0.29) is 52.7 Å². The van der Waals surface area contributed by atoms with Gasteiger partial charge in [-0.1, -0.05) is 12.1 Å². The van der Waals surface area contributed by atoms with Gasteiger partial charge in [0.15, 0.2) is 5.82 Å². The number of rotatable bonds is 13. The molecule has 2 saturated heterocycles. The highest BCUT2D eigenvalue weighted by molar-refractivity contribution is 6.23. The molecule has 0 radical (unpaired) electrons. The van der Waals surface area contributed by atoms with Gasteiger partial charge < -0.3 is 25.2 Å². The second-order valence-corrected chi connectivity index (χ2v) is 15.3. The van der Waals surface area contributed by atoms with Crippen molar-refractivity contribution in [2.75, 3.05) is 55.4 Å². The number of pyridine rings is 1. The van der Waals surface area contributed by atoms with Crippen molar-refractivity contribution >= 4 is 52.5 Å². The van der Waals surface area contributed by atoms with Gasteiger partial charge in [0.1, 0.15) is 23.3 Å². The van der Waals surface area contributed by atoms with E-state index < -0.39 is 41.4 Å². The van der Waals surface area contributed by atoms with Gasteiger partial charge in [0, 0.05) is 75.4 Å². The van der Waals surface area contributed by atoms with Crippen LogP contribution in [0.2, 0.25) is 0 Å². The van der Waals surface area contributed by atoms with Crippen molar-refractivity contribution in [1.82, 2.24) is 30.1 Å². The summed E-state index contributed by atoms with van der Waals surface area (Å²) < 4.78 is 20.2. The number of anilines is 3. The summed E-state index contributed by atoms with van der Waals surface area (Å²) >= 11 is 0. The quantitative estimate of drug-likeness (QED) is 0.107. The fraction of sp³-hybridized carbons (Fsp3) is 0.261. The van der Waals surface area contributed by atoms with E-state index in [1.165, 1.54) is 31.5 Å². The van der Waals surface area contributed by atoms with Crippen LogP contribution in [-0.4, -0.2) is 106 Å². The number of halogens is 1. The largest absolute Gasteiger partial charge is 0.496 e. The summed E-state index contributed by atoms with van der Waals surface area (Å²) in [5.41, 5.74) is 3.87.